The van der Waals surface area contributed by atoms with Crippen LogP contribution in [0.15, 0.2) is 18.3 Å². The van der Waals surface area contributed by atoms with E-state index in [2.05, 4.69) is 29.9 Å². The fraction of sp³-hybridized carbons (Fsp3) is 0.583. The first-order valence-corrected chi connectivity index (χ1v) is 5.47. The van der Waals surface area contributed by atoms with E-state index in [1.807, 2.05) is 12.3 Å². The summed E-state index contributed by atoms with van der Waals surface area (Å²) >= 11 is 0. The standard InChI is InChI=1S/C12H18N2O/c1-9-3-4-13-12(5-9)14(2)8-10-6-11(15)7-10/h3-5,10-11,15H,6-8H2,1-2H3. The maximum absolute atomic E-state index is 9.21. The Morgan fingerprint density at radius 1 is 1.53 bits per heavy atom. The molecule has 2 rings (SSSR count). The highest BCUT2D eigenvalue weighted by Gasteiger charge is 2.28. The van der Waals surface area contributed by atoms with E-state index < -0.39 is 0 Å². The molecule has 1 saturated carbocycles. The van der Waals surface area contributed by atoms with Gasteiger partial charge in [0.15, 0.2) is 0 Å². The van der Waals surface area contributed by atoms with Crippen LogP contribution in [0.4, 0.5) is 5.82 Å². The minimum Gasteiger partial charge on any atom is -0.393 e. The monoisotopic (exact) mass is 206 g/mol. The molecule has 82 valence electrons. The highest BCUT2D eigenvalue weighted by molar-refractivity contribution is 5.39. The largest absolute Gasteiger partial charge is 0.393 e. The van der Waals surface area contributed by atoms with Crippen LogP contribution in [0.2, 0.25) is 0 Å². The maximum Gasteiger partial charge on any atom is 0.128 e. The van der Waals surface area contributed by atoms with Crippen LogP contribution in [0, 0.1) is 12.8 Å². The number of aromatic nitrogens is 1. The fourth-order valence-electron chi connectivity index (χ4n) is 2.06. The molecule has 1 aliphatic carbocycles. The van der Waals surface area contributed by atoms with Gasteiger partial charge in [0.25, 0.3) is 0 Å². The molecule has 3 heteroatoms. The Bertz CT molecular complexity index is 334. The smallest absolute Gasteiger partial charge is 0.128 e. The van der Waals surface area contributed by atoms with Crippen molar-refractivity contribution < 1.29 is 5.11 Å². The summed E-state index contributed by atoms with van der Waals surface area (Å²) in [5, 5.41) is 9.21. The van der Waals surface area contributed by atoms with Crippen LogP contribution in [0.5, 0.6) is 0 Å². The van der Waals surface area contributed by atoms with Crippen molar-refractivity contribution in [3.05, 3.63) is 23.9 Å². The van der Waals surface area contributed by atoms with Crippen molar-refractivity contribution in [1.82, 2.24) is 4.98 Å². The van der Waals surface area contributed by atoms with Gasteiger partial charge in [-0.1, -0.05) is 0 Å². The van der Waals surface area contributed by atoms with Gasteiger partial charge in [0, 0.05) is 19.8 Å². The summed E-state index contributed by atoms with van der Waals surface area (Å²) in [6.07, 6.45) is 3.66. The number of aliphatic hydroxyl groups is 1. The second kappa shape index (κ2) is 4.19. The van der Waals surface area contributed by atoms with Gasteiger partial charge in [0.1, 0.15) is 5.82 Å². The average Bonchev–Trinajstić information content (AvgIpc) is 2.15. The molecule has 1 N–H and O–H groups in total. The lowest BCUT2D eigenvalue weighted by atomic mass is 9.82. The van der Waals surface area contributed by atoms with Crippen molar-refractivity contribution in [2.45, 2.75) is 25.9 Å². The molecular weight excluding hydrogens is 188 g/mol. The first-order chi connectivity index (χ1) is 7.15. The molecule has 0 unspecified atom stereocenters. The van der Waals surface area contributed by atoms with E-state index in [1.165, 1.54) is 5.56 Å². The molecule has 3 nitrogen and oxygen atoms in total. The summed E-state index contributed by atoms with van der Waals surface area (Å²) in [5.41, 5.74) is 1.24. The fourth-order valence-corrected chi connectivity index (χ4v) is 2.06. The maximum atomic E-state index is 9.21. The van der Waals surface area contributed by atoms with E-state index in [4.69, 9.17) is 0 Å². The number of rotatable bonds is 3. The van der Waals surface area contributed by atoms with Gasteiger partial charge in [-0.3, -0.25) is 0 Å². The molecule has 0 spiro atoms. The second-order valence-electron chi connectivity index (χ2n) is 4.56. The van der Waals surface area contributed by atoms with Gasteiger partial charge in [-0.2, -0.15) is 0 Å². The molecule has 0 atom stereocenters. The van der Waals surface area contributed by atoms with Crippen molar-refractivity contribution in [2.75, 3.05) is 18.5 Å². The third-order valence-electron chi connectivity index (χ3n) is 3.03. The number of aliphatic hydroxyl groups excluding tert-OH is 1. The molecule has 0 radical (unpaired) electrons. The van der Waals surface area contributed by atoms with E-state index in [9.17, 15) is 5.11 Å². The zero-order chi connectivity index (χ0) is 10.8. The molecule has 1 aliphatic rings. The lowest BCUT2D eigenvalue weighted by Crippen LogP contribution is -2.37. The third kappa shape index (κ3) is 2.48. The summed E-state index contributed by atoms with van der Waals surface area (Å²) in [6, 6.07) is 4.10. The van der Waals surface area contributed by atoms with Crippen LogP contribution in [0.1, 0.15) is 18.4 Å². The van der Waals surface area contributed by atoms with Crippen molar-refractivity contribution in [2.24, 2.45) is 5.92 Å². The normalized spacial score (nSPS) is 24.7. The molecule has 0 amide bonds. The molecule has 1 heterocycles. The van der Waals surface area contributed by atoms with Gasteiger partial charge < -0.3 is 10.0 Å². The predicted molar refractivity (Wildman–Crippen MR) is 61.0 cm³/mol. The predicted octanol–water partition coefficient (Wildman–Crippen LogP) is 1.60. The van der Waals surface area contributed by atoms with Gasteiger partial charge in [-0.15, -0.1) is 0 Å². The highest BCUT2D eigenvalue weighted by atomic mass is 16.3. The van der Waals surface area contributed by atoms with Crippen molar-refractivity contribution in [3.63, 3.8) is 0 Å². The number of anilines is 1. The van der Waals surface area contributed by atoms with Gasteiger partial charge in [0.2, 0.25) is 0 Å². The highest BCUT2D eigenvalue weighted by Crippen LogP contribution is 2.28. The third-order valence-corrected chi connectivity index (χ3v) is 3.03. The molecule has 0 bridgehead atoms. The van der Waals surface area contributed by atoms with Gasteiger partial charge in [0.05, 0.1) is 6.10 Å². The molecule has 1 fully saturated rings. The van der Waals surface area contributed by atoms with Gasteiger partial charge >= 0.3 is 0 Å². The Morgan fingerprint density at radius 2 is 2.27 bits per heavy atom. The van der Waals surface area contributed by atoms with E-state index >= 15 is 0 Å². The van der Waals surface area contributed by atoms with Crippen molar-refractivity contribution >= 4 is 5.82 Å². The second-order valence-corrected chi connectivity index (χ2v) is 4.56. The van der Waals surface area contributed by atoms with E-state index in [-0.39, 0.29) is 6.10 Å². The van der Waals surface area contributed by atoms with Crippen LogP contribution in [-0.4, -0.2) is 29.8 Å². The molecule has 0 aliphatic heterocycles. The van der Waals surface area contributed by atoms with Crippen LogP contribution >= 0.6 is 0 Å². The summed E-state index contributed by atoms with van der Waals surface area (Å²) in [6.45, 7) is 3.07. The van der Waals surface area contributed by atoms with Gasteiger partial charge in [-0.05, 0) is 43.4 Å². The molecule has 1 aromatic rings. The van der Waals surface area contributed by atoms with E-state index in [0.29, 0.717) is 5.92 Å². The molecule has 15 heavy (non-hydrogen) atoms. The number of hydrogen-bond acceptors (Lipinski definition) is 3. The van der Waals surface area contributed by atoms with E-state index in [0.717, 1.165) is 25.2 Å². The minimum atomic E-state index is -0.0612. The Balaban J connectivity index is 1.93. The van der Waals surface area contributed by atoms with Crippen LogP contribution in [0.3, 0.4) is 0 Å². The zero-order valence-electron chi connectivity index (χ0n) is 9.35. The number of aryl methyl sites for hydroxylation is 1. The first kappa shape index (κ1) is 10.4. The van der Waals surface area contributed by atoms with Crippen molar-refractivity contribution in [3.8, 4) is 0 Å². The Kier molecular flexibility index (Phi) is 2.91. The quantitative estimate of drug-likeness (QED) is 0.816. The van der Waals surface area contributed by atoms with Crippen LogP contribution in [0.25, 0.3) is 0 Å². The zero-order valence-corrected chi connectivity index (χ0v) is 9.35. The number of nitrogens with zero attached hydrogens (tertiary/aromatic N) is 2. The molecular formula is C12H18N2O. The Morgan fingerprint density at radius 3 is 2.87 bits per heavy atom. The van der Waals surface area contributed by atoms with Gasteiger partial charge in [-0.25, -0.2) is 4.98 Å². The van der Waals surface area contributed by atoms with Crippen LogP contribution in [-0.2, 0) is 0 Å². The van der Waals surface area contributed by atoms with E-state index in [1.54, 1.807) is 0 Å². The lowest BCUT2D eigenvalue weighted by molar-refractivity contribution is 0.0464. The summed E-state index contributed by atoms with van der Waals surface area (Å²) in [4.78, 5) is 6.50. The average molecular weight is 206 g/mol. The minimum absolute atomic E-state index is 0.0612. The van der Waals surface area contributed by atoms with Crippen molar-refractivity contribution in [1.29, 1.82) is 0 Å². The van der Waals surface area contributed by atoms with Crippen LogP contribution < -0.4 is 4.90 Å². The summed E-state index contributed by atoms with van der Waals surface area (Å²) in [7, 11) is 2.06. The summed E-state index contributed by atoms with van der Waals surface area (Å²) < 4.78 is 0. The SMILES string of the molecule is Cc1ccnc(N(C)CC2CC(O)C2)c1. The Hall–Kier alpha value is -1.09. The first-order valence-electron chi connectivity index (χ1n) is 5.47. The molecule has 0 aromatic carbocycles. The molecule has 0 saturated heterocycles. The lowest BCUT2D eigenvalue weighted by Gasteiger charge is -2.34. The number of pyridine rings is 1. The summed E-state index contributed by atoms with van der Waals surface area (Å²) in [5.74, 6) is 1.66. The topological polar surface area (TPSA) is 36.4 Å². The number of hydrogen-bond donors (Lipinski definition) is 1. The Labute approximate surface area is 90.8 Å². The molecule has 1 aromatic heterocycles.